The van der Waals surface area contributed by atoms with E-state index >= 15 is 0 Å². The highest BCUT2D eigenvalue weighted by Crippen LogP contribution is 2.26. The summed E-state index contributed by atoms with van der Waals surface area (Å²) < 4.78 is 1.31. The summed E-state index contributed by atoms with van der Waals surface area (Å²) in [4.78, 5) is 15.8. The molecule has 90 valence electrons. The van der Waals surface area contributed by atoms with Crippen molar-refractivity contribution >= 4 is 33.9 Å². The summed E-state index contributed by atoms with van der Waals surface area (Å²) in [6.07, 6.45) is 0. The number of benzene rings is 1. The van der Waals surface area contributed by atoms with Crippen LogP contribution in [0.3, 0.4) is 0 Å². The third-order valence-electron chi connectivity index (χ3n) is 2.42. The zero-order valence-corrected chi connectivity index (χ0v) is 10.4. The van der Waals surface area contributed by atoms with Gasteiger partial charge >= 0.3 is 5.97 Å². The molecule has 0 fully saturated rings. The Hall–Kier alpha value is -1.92. The minimum atomic E-state index is -1.03. The van der Waals surface area contributed by atoms with E-state index in [4.69, 9.17) is 16.7 Å². The van der Waals surface area contributed by atoms with E-state index in [1.165, 1.54) is 21.2 Å². The van der Waals surface area contributed by atoms with Gasteiger partial charge in [0.15, 0.2) is 11.5 Å². The first-order valence-electron chi connectivity index (χ1n) is 4.99. The predicted octanol–water partition coefficient (Wildman–Crippen LogP) is 2.81. The highest BCUT2D eigenvalue weighted by molar-refractivity contribution is 7.15. The van der Waals surface area contributed by atoms with Gasteiger partial charge in [-0.25, -0.2) is 4.79 Å². The van der Waals surface area contributed by atoms with Crippen molar-refractivity contribution in [3.05, 3.63) is 40.4 Å². The molecule has 2 heterocycles. The molecule has 18 heavy (non-hydrogen) atoms. The SMILES string of the molecule is O=C(O)c1csc2nc(-c3ccccc3Cl)nn12. The molecule has 0 radical (unpaired) electrons. The van der Waals surface area contributed by atoms with Crippen molar-refractivity contribution < 1.29 is 9.90 Å². The lowest BCUT2D eigenvalue weighted by Crippen LogP contribution is -2.01. The van der Waals surface area contributed by atoms with Crippen LogP contribution in [0.2, 0.25) is 5.02 Å². The standard InChI is InChI=1S/C11H6ClN3O2S/c12-7-4-2-1-3-6(7)9-13-11-15(14-9)8(5-18-11)10(16)17/h1-5H,(H,16,17). The highest BCUT2D eigenvalue weighted by atomic mass is 35.5. The topological polar surface area (TPSA) is 67.5 Å². The lowest BCUT2D eigenvalue weighted by molar-refractivity contribution is 0.0688. The van der Waals surface area contributed by atoms with Gasteiger partial charge in [0.2, 0.25) is 4.96 Å². The molecule has 7 heteroatoms. The molecule has 0 saturated carbocycles. The minimum absolute atomic E-state index is 0.0980. The van der Waals surface area contributed by atoms with Crippen molar-refractivity contribution in [3.8, 4) is 11.4 Å². The van der Waals surface area contributed by atoms with Crippen molar-refractivity contribution in [2.75, 3.05) is 0 Å². The lowest BCUT2D eigenvalue weighted by atomic mass is 10.2. The number of thiazole rings is 1. The minimum Gasteiger partial charge on any atom is -0.476 e. The Bertz CT molecular complexity index is 750. The van der Waals surface area contributed by atoms with Gasteiger partial charge < -0.3 is 5.11 Å². The number of halogens is 1. The maximum atomic E-state index is 11.0. The van der Waals surface area contributed by atoms with E-state index in [1.54, 1.807) is 12.1 Å². The van der Waals surface area contributed by atoms with Crippen molar-refractivity contribution in [3.63, 3.8) is 0 Å². The third-order valence-corrected chi connectivity index (χ3v) is 3.56. The van der Waals surface area contributed by atoms with E-state index in [-0.39, 0.29) is 5.69 Å². The molecule has 2 aromatic heterocycles. The smallest absolute Gasteiger partial charge is 0.355 e. The van der Waals surface area contributed by atoms with Crippen molar-refractivity contribution in [2.45, 2.75) is 0 Å². The second-order valence-corrected chi connectivity index (χ2v) is 4.78. The molecule has 0 atom stereocenters. The van der Waals surface area contributed by atoms with Crippen LogP contribution in [0.4, 0.5) is 0 Å². The summed E-state index contributed by atoms with van der Waals surface area (Å²) in [6.45, 7) is 0. The fourth-order valence-corrected chi connectivity index (χ4v) is 2.60. The van der Waals surface area contributed by atoms with Gasteiger partial charge in [-0.2, -0.15) is 9.50 Å². The third kappa shape index (κ3) is 1.66. The number of aromatic nitrogens is 3. The van der Waals surface area contributed by atoms with E-state index in [9.17, 15) is 4.79 Å². The van der Waals surface area contributed by atoms with Gasteiger partial charge in [0, 0.05) is 10.9 Å². The van der Waals surface area contributed by atoms with E-state index in [0.29, 0.717) is 21.4 Å². The Balaban J connectivity index is 2.20. The average molecular weight is 280 g/mol. The largest absolute Gasteiger partial charge is 0.476 e. The van der Waals surface area contributed by atoms with Gasteiger partial charge in [-0.3, -0.25) is 0 Å². The molecule has 0 spiro atoms. The second-order valence-electron chi connectivity index (χ2n) is 3.54. The summed E-state index contributed by atoms with van der Waals surface area (Å²) in [5.41, 5.74) is 0.784. The number of rotatable bonds is 2. The summed E-state index contributed by atoms with van der Waals surface area (Å²) >= 11 is 7.28. The molecule has 1 aromatic carbocycles. The maximum absolute atomic E-state index is 11.0. The summed E-state index contributed by atoms with van der Waals surface area (Å²) in [5.74, 6) is -0.605. The van der Waals surface area contributed by atoms with Crippen LogP contribution < -0.4 is 0 Å². The number of hydrogen-bond donors (Lipinski definition) is 1. The molecule has 1 N–H and O–H groups in total. The number of carboxylic acid groups (broad SMARTS) is 1. The van der Waals surface area contributed by atoms with Gasteiger partial charge in [-0.15, -0.1) is 16.4 Å². The van der Waals surface area contributed by atoms with Crippen LogP contribution in [0.5, 0.6) is 0 Å². The van der Waals surface area contributed by atoms with Crippen LogP contribution in [0.25, 0.3) is 16.3 Å². The van der Waals surface area contributed by atoms with Crippen LogP contribution in [0, 0.1) is 0 Å². The van der Waals surface area contributed by atoms with E-state index in [0.717, 1.165) is 0 Å². The molecule has 0 amide bonds. The Morgan fingerprint density at radius 3 is 2.89 bits per heavy atom. The molecule has 0 aliphatic heterocycles. The quantitative estimate of drug-likeness (QED) is 0.783. The zero-order valence-electron chi connectivity index (χ0n) is 8.87. The van der Waals surface area contributed by atoms with Crippen molar-refractivity contribution in [2.24, 2.45) is 0 Å². The summed E-state index contributed by atoms with van der Waals surface area (Å²) in [6, 6.07) is 7.17. The zero-order chi connectivity index (χ0) is 12.7. The van der Waals surface area contributed by atoms with E-state index in [1.807, 2.05) is 12.1 Å². The first-order chi connectivity index (χ1) is 8.66. The van der Waals surface area contributed by atoms with E-state index in [2.05, 4.69) is 10.1 Å². The van der Waals surface area contributed by atoms with Crippen molar-refractivity contribution in [1.82, 2.24) is 14.6 Å². The average Bonchev–Trinajstić information content (AvgIpc) is 2.88. The van der Waals surface area contributed by atoms with Gasteiger partial charge in [0.1, 0.15) is 0 Å². The highest BCUT2D eigenvalue weighted by Gasteiger charge is 2.16. The molecule has 3 rings (SSSR count). The van der Waals surface area contributed by atoms with Crippen LogP contribution in [-0.4, -0.2) is 25.7 Å². The monoisotopic (exact) mass is 279 g/mol. The van der Waals surface area contributed by atoms with Crippen LogP contribution in [0.15, 0.2) is 29.6 Å². The summed E-state index contributed by atoms with van der Waals surface area (Å²) in [5, 5.41) is 15.2. The Morgan fingerprint density at radius 1 is 1.39 bits per heavy atom. The predicted molar refractivity (Wildman–Crippen MR) is 68.3 cm³/mol. The number of fused-ring (bicyclic) bond motifs is 1. The number of aromatic carboxylic acids is 1. The van der Waals surface area contributed by atoms with Crippen molar-refractivity contribution in [1.29, 1.82) is 0 Å². The molecule has 3 aromatic rings. The summed E-state index contributed by atoms with van der Waals surface area (Å²) in [7, 11) is 0. The molecular weight excluding hydrogens is 274 g/mol. The first kappa shape index (κ1) is 11.2. The van der Waals surface area contributed by atoms with Gasteiger partial charge in [0.05, 0.1) is 5.02 Å². The number of carbonyl (C=O) groups is 1. The van der Waals surface area contributed by atoms with Gasteiger partial charge in [-0.05, 0) is 12.1 Å². The number of carboxylic acids is 1. The number of hydrogen-bond acceptors (Lipinski definition) is 4. The number of nitrogens with zero attached hydrogens (tertiary/aromatic N) is 3. The lowest BCUT2D eigenvalue weighted by Gasteiger charge is -1.97. The van der Waals surface area contributed by atoms with Gasteiger partial charge in [0.25, 0.3) is 0 Å². The van der Waals surface area contributed by atoms with Gasteiger partial charge in [-0.1, -0.05) is 23.7 Å². The second kappa shape index (κ2) is 4.08. The molecule has 0 aliphatic rings. The van der Waals surface area contributed by atoms with Crippen LogP contribution in [0.1, 0.15) is 10.5 Å². The maximum Gasteiger partial charge on any atom is 0.355 e. The molecule has 0 unspecified atom stereocenters. The normalized spacial score (nSPS) is 10.9. The Morgan fingerprint density at radius 2 is 2.17 bits per heavy atom. The van der Waals surface area contributed by atoms with Crippen LogP contribution >= 0.6 is 22.9 Å². The Kier molecular flexibility index (Phi) is 2.53. The fourth-order valence-electron chi connectivity index (χ4n) is 1.59. The molecule has 5 nitrogen and oxygen atoms in total. The molecule has 0 bridgehead atoms. The Labute approximate surface area is 110 Å². The fraction of sp³-hybridized carbons (Fsp3) is 0. The molecular formula is C11H6ClN3O2S. The molecule has 0 saturated heterocycles. The molecule has 0 aliphatic carbocycles. The van der Waals surface area contributed by atoms with Crippen LogP contribution in [-0.2, 0) is 0 Å². The first-order valence-corrected chi connectivity index (χ1v) is 6.25. The van der Waals surface area contributed by atoms with E-state index < -0.39 is 5.97 Å².